The molecule has 0 bridgehead atoms. The molecule has 1 aromatic rings. The highest BCUT2D eigenvalue weighted by atomic mass is 35.5. The average molecular weight is 281 g/mol. The zero-order chi connectivity index (χ0) is 14.0. The van der Waals surface area contributed by atoms with Gasteiger partial charge in [0.15, 0.2) is 5.78 Å². The molecule has 104 valence electrons. The minimum Gasteiger partial charge on any atom is -0.368 e. The Balaban J connectivity index is 2.09. The monoisotopic (exact) mass is 280 g/mol. The van der Waals surface area contributed by atoms with Gasteiger partial charge in [-0.2, -0.15) is 0 Å². The maximum Gasteiger partial charge on any atom is 0.159 e. The number of carbonyl (C=O) groups excluding carboxylic acids is 1. The van der Waals surface area contributed by atoms with Gasteiger partial charge < -0.3 is 4.90 Å². The van der Waals surface area contributed by atoms with Crippen LogP contribution in [0.5, 0.6) is 0 Å². The summed E-state index contributed by atoms with van der Waals surface area (Å²) in [4.78, 5) is 16.1. The van der Waals surface area contributed by atoms with Crippen LogP contribution < -0.4 is 4.90 Å². The quantitative estimate of drug-likeness (QED) is 0.795. The molecule has 0 N–H and O–H groups in total. The molecule has 0 radical (unpaired) electrons. The predicted octanol–water partition coefficient (Wildman–Crippen LogP) is 3.07. The molecular weight excluding hydrogens is 260 g/mol. The second-order valence-electron chi connectivity index (χ2n) is 5.34. The first kappa shape index (κ1) is 14.4. The van der Waals surface area contributed by atoms with Crippen LogP contribution in [-0.2, 0) is 0 Å². The van der Waals surface area contributed by atoms with E-state index in [2.05, 4.69) is 23.6 Å². The van der Waals surface area contributed by atoms with E-state index >= 15 is 0 Å². The minimum absolute atomic E-state index is 0.0538. The SMILES string of the molecule is CC(=O)c1ccc(N2CCN(C(C)C)CC2)c(Cl)c1. The van der Waals surface area contributed by atoms with Crippen LogP contribution in [0.15, 0.2) is 18.2 Å². The fourth-order valence-corrected chi connectivity index (χ4v) is 2.76. The van der Waals surface area contributed by atoms with Crippen molar-refractivity contribution < 1.29 is 4.79 Å². The zero-order valence-electron chi connectivity index (χ0n) is 11.8. The van der Waals surface area contributed by atoms with Crippen LogP contribution in [0.3, 0.4) is 0 Å². The van der Waals surface area contributed by atoms with Crippen molar-refractivity contribution in [2.24, 2.45) is 0 Å². The van der Waals surface area contributed by atoms with E-state index < -0.39 is 0 Å². The molecule has 1 aromatic carbocycles. The third kappa shape index (κ3) is 3.28. The Bertz CT molecular complexity index is 465. The molecule has 0 spiro atoms. The summed E-state index contributed by atoms with van der Waals surface area (Å²) >= 11 is 6.30. The summed E-state index contributed by atoms with van der Waals surface area (Å²) in [5, 5.41) is 0.672. The van der Waals surface area contributed by atoms with E-state index in [1.54, 1.807) is 13.0 Å². The molecule has 0 unspecified atom stereocenters. The highest BCUT2D eigenvalue weighted by Crippen LogP contribution is 2.28. The number of Topliss-reactive ketones (excluding diaryl/α,β-unsaturated/α-hetero) is 1. The smallest absolute Gasteiger partial charge is 0.159 e. The molecule has 0 amide bonds. The van der Waals surface area contributed by atoms with Crippen molar-refractivity contribution in [3.05, 3.63) is 28.8 Å². The lowest BCUT2D eigenvalue weighted by molar-refractivity contribution is 0.101. The van der Waals surface area contributed by atoms with E-state index in [0.29, 0.717) is 16.6 Å². The number of halogens is 1. The van der Waals surface area contributed by atoms with Crippen LogP contribution in [0.4, 0.5) is 5.69 Å². The number of rotatable bonds is 3. The van der Waals surface area contributed by atoms with Crippen LogP contribution in [0.2, 0.25) is 5.02 Å². The summed E-state index contributed by atoms with van der Waals surface area (Å²) < 4.78 is 0. The Morgan fingerprint density at radius 2 is 1.84 bits per heavy atom. The third-order valence-corrected chi connectivity index (χ3v) is 4.04. The molecule has 0 saturated carbocycles. The number of nitrogens with zero attached hydrogens (tertiary/aromatic N) is 2. The van der Waals surface area contributed by atoms with Crippen LogP contribution in [-0.4, -0.2) is 42.9 Å². The number of carbonyl (C=O) groups is 1. The van der Waals surface area contributed by atoms with E-state index in [0.717, 1.165) is 31.9 Å². The lowest BCUT2D eigenvalue weighted by atomic mass is 10.1. The molecule has 1 aliphatic heterocycles. The Hall–Kier alpha value is -1.06. The van der Waals surface area contributed by atoms with E-state index in [1.165, 1.54) is 0 Å². The lowest BCUT2D eigenvalue weighted by Crippen LogP contribution is -2.49. The molecule has 0 aromatic heterocycles. The minimum atomic E-state index is 0.0538. The van der Waals surface area contributed by atoms with E-state index in [9.17, 15) is 4.79 Å². The van der Waals surface area contributed by atoms with Gasteiger partial charge in [-0.25, -0.2) is 0 Å². The summed E-state index contributed by atoms with van der Waals surface area (Å²) in [7, 11) is 0. The van der Waals surface area contributed by atoms with Crippen molar-refractivity contribution in [3.8, 4) is 0 Å². The largest absolute Gasteiger partial charge is 0.368 e. The van der Waals surface area contributed by atoms with Crippen LogP contribution in [0, 0.1) is 0 Å². The van der Waals surface area contributed by atoms with Crippen molar-refractivity contribution in [1.82, 2.24) is 4.90 Å². The Kier molecular flexibility index (Phi) is 4.48. The first-order valence-corrected chi connectivity index (χ1v) is 7.16. The van der Waals surface area contributed by atoms with E-state index in [1.807, 2.05) is 12.1 Å². The third-order valence-electron chi connectivity index (χ3n) is 3.74. The molecule has 19 heavy (non-hydrogen) atoms. The second-order valence-corrected chi connectivity index (χ2v) is 5.75. The molecule has 2 rings (SSSR count). The highest BCUT2D eigenvalue weighted by Gasteiger charge is 2.20. The van der Waals surface area contributed by atoms with Crippen molar-refractivity contribution in [2.45, 2.75) is 26.8 Å². The standard InChI is InChI=1S/C15H21ClN2O/c1-11(2)17-6-8-18(9-7-17)15-5-4-13(12(3)19)10-14(15)16/h4-5,10-11H,6-9H2,1-3H3. The topological polar surface area (TPSA) is 23.6 Å². The van der Waals surface area contributed by atoms with Gasteiger partial charge in [-0.05, 0) is 39.0 Å². The van der Waals surface area contributed by atoms with Gasteiger partial charge in [0.1, 0.15) is 0 Å². The fraction of sp³-hybridized carbons (Fsp3) is 0.533. The fourth-order valence-electron chi connectivity index (χ4n) is 2.46. The van der Waals surface area contributed by atoms with Gasteiger partial charge in [0, 0.05) is 37.8 Å². The zero-order valence-corrected chi connectivity index (χ0v) is 12.6. The molecule has 3 nitrogen and oxygen atoms in total. The molecule has 1 fully saturated rings. The first-order valence-electron chi connectivity index (χ1n) is 6.78. The van der Waals surface area contributed by atoms with Gasteiger partial charge in [-0.1, -0.05) is 11.6 Å². The van der Waals surface area contributed by atoms with E-state index in [-0.39, 0.29) is 5.78 Å². The Labute approximate surface area is 120 Å². The number of ketones is 1. The van der Waals surface area contributed by atoms with Gasteiger partial charge in [-0.3, -0.25) is 9.69 Å². The summed E-state index contributed by atoms with van der Waals surface area (Å²) in [6.07, 6.45) is 0. The van der Waals surface area contributed by atoms with Crippen LogP contribution >= 0.6 is 11.6 Å². The van der Waals surface area contributed by atoms with Gasteiger partial charge in [-0.15, -0.1) is 0 Å². The summed E-state index contributed by atoms with van der Waals surface area (Å²) in [6.45, 7) is 10.1. The number of piperazine rings is 1. The molecular formula is C15H21ClN2O. The molecule has 0 atom stereocenters. The van der Waals surface area contributed by atoms with Crippen molar-refractivity contribution in [2.75, 3.05) is 31.1 Å². The molecule has 1 heterocycles. The summed E-state index contributed by atoms with van der Waals surface area (Å²) in [6, 6.07) is 6.19. The maximum atomic E-state index is 11.3. The first-order chi connectivity index (χ1) is 8.99. The Morgan fingerprint density at radius 1 is 1.21 bits per heavy atom. The molecule has 1 aliphatic rings. The number of anilines is 1. The number of hydrogen-bond donors (Lipinski definition) is 0. The van der Waals surface area contributed by atoms with Crippen LogP contribution in [0.1, 0.15) is 31.1 Å². The lowest BCUT2D eigenvalue weighted by Gasteiger charge is -2.38. The van der Waals surface area contributed by atoms with Crippen molar-refractivity contribution in [1.29, 1.82) is 0 Å². The van der Waals surface area contributed by atoms with Crippen molar-refractivity contribution >= 4 is 23.1 Å². The molecule has 0 aliphatic carbocycles. The number of benzene rings is 1. The summed E-state index contributed by atoms with van der Waals surface area (Å²) in [5.41, 5.74) is 1.71. The summed E-state index contributed by atoms with van der Waals surface area (Å²) in [5.74, 6) is 0.0538. The van der Waals surface area contributed by atoms with Crippen LogP contribution in [0.25, 0.3) is 0 Å². The van der Waals surface area contributed by atoms with Gasteiger partial charge in [0.05, 0.1) is 10.7 Å². The molecule has 4 heteroatoms. The van der Waals surface area contributed by atoms with Gasteiger partial charge in [0.2, 0.25) is 0 Å². The predicted molar refractivity (Wildman–Crippen MR) is 80.4 cm³/mol. The average Bonchev–Trinajstić information content (AvgIpc) is 2.38. The maximum absolute atomic E-state index is 11.3. The normalized spacial score (nSPS) is 17.0. The molecule has 1 saturated heterocycles. The van der Waals surface area contributed by atoms with Gasteiger partial charge >= 0.3 is 0 Å². The second kappa shape index (κ2) is 5.93. The van der Waals surface area contributed by atoms with Gasteiger partial charge in [0.25, 0.3) is 0 Å². The van der Waals surface area contributed by atoms with Crippen molar-refractivity contribution in [3.63, 3.8) is 0 Å². The van der Waals surface area contributed by atoms with E-state index in [4.69, 9.17) is 11.6 Å². The number of hydrogen-bond acceptors (Lipinski definition) is 3. The Morgan fingerprint density at radius 3 is 2.32 bits per heavy atom. The highest BCUT2D eigenvalue weighted by molar-refractivity contribution is 6.33.